The Kier molecular flexibility index (Phi) is 6.06. The van der Waals surface area contributed by atoms with Gasteiger partial charge in [-0.05, 0) is 62.0 Å². The molecule has 148 valence electrons. The highest BCUT2D eigenvalue weighted by Crippen LogP contribution is 2.37. The molecule has 1 aromatic carbocycles. The summed E-state index contributed by atoms with van der Waals surface area (Å²) < 4.78 is 0. The molecular formula is C24H31N3O. The van der Waals surface area contributed by atoms with Gasteiger partial charge >= 0.3 is 0 Å². The number of hydrogen-bond donors (Lipinski definition) is 1. The Morgan fingerprint density at radius 2 is 1.46 bits per heavy atom. The van der Waals surface area contributed by atoms with E-state index in [-0.39, 0.29) is 17.5 Å². The van der Waals surface area contributed by atoms with Gasteiger partial charge in [-0.25, -0.2) is 0 Å². The Hall–Kier alpha value is -2.20. The number of carbonyl (C=O) groups is 1. The standard InChI is InChI=1S/C24H31N3O/c28-23(24(14-6-2-7-15-24)27-18-8-3-9-19-27)26-22(20-10-4-1-5-11-20)21-12-16-25-17-13-21/h1,4-5,10-13,16-17,22H,2-3,6-9,14-15,18-19H2,(H,26,28). The molecule has 0 bridgehead atoms. The molecule has 1 saturated carbocycles. The summed E-state index contributed by atoms with van der Waals surface area (Å²) in [4.78, 5) is 20.5. The first-order valence-corrected chi connectivity index (χ1v) is 10.8. The van der Waals surface area contributed by atoms with E-state index in [0.717, 1.165) is 49.9 Å². The maximum atomic E-state index is 13.8. The van der Waals surface area contributed by atoms with E-state index in [2.05, 4.69) is 27.3 Å². The predicted molar refractivity (Wildman–Crippen MR) is 112 cm³/mol. The van der Waals surface area contributed by atoms with Crippen LogP contribution in [0.1, 0.15) is 68.5 Å². The van der Waals surface area contributed by atoms with Crippen molar-refractivity contribution in [2.75, 3.05) is 13.1 Å². The van der Waals surface area contributed by atoms with Crippen molar-refractivity contribution in [3.63, 3.8) is 0 Å². The van der Waals surface area contributed by atoms with E-state index in [9.17, 15) is 4.79 Å². The topological polar surface area (TPSA) is 45.2 Å². The van der Waals surface area contributed by atoms with Crippen LogP contribution in [0.5, 0.6) is 0 Å². The van der Waals surface area contributed by atoms with Crippen molar-refractivity contribution in [3.05, 3.63) is 66.0 Å². The van der Waals surface area contributed by atoms with Crippen LogP contribution in [0.2, 0.25) is 0 Å². The van der Waals surface area contributed by atoms with Gasteiger partial charge in [0.15, 0.2) is 0 Å². The Bertz CT molecular complexity index is 710. The number of aromatic nitrogens is 1. The summed E-state index contributed by atoms with van der Waals surface area (Å²) in [5.41, 5.74) is 1.87. The molecule has 28 heavy (non-hydrogen) atoms. The van der Waals surface area contributed by atoms with Gasteiger partial charge in [0.1, 0.15) is 5.54 Å². The number of carbonyl (C=O) groups excluding carboxylic acids is 1. The lowest BCUT2D eigenvalue weighted by molar-refractivity contribution is -0.137. The molecule has 0 spiro atoms. The van der Waals surface area contributed by atoms with Gasteiger partial charge in [0.2, 0.25) is 5.91 Å². The lowest BCUT2D eigenvalue weighted by atomic mass is 9.78. The Labute approximate surface area is 168 Å². The normalized spacial score (nSPS) is 21.0. The van der Waals surface area contributed by atoms with Gasteiger partial charge in [-0.3, -0.25) is 14.7 Å². The molecular weight excluding hydrogens is 346 g/mol. The minimum absolute atomic E-state index is 0.139. The van der Waals surface area contributed by atoms with Crippen LogP contribution in [0.4, 0.5) is 0 Å². The maximum absolute atomic E-state index is 13.8. The van der Waals surface area contributed by atoms with Crippen LogP contribution in [-0.2, 0) is 4.79 Å². The highest BCUT2D eigenvalue weighted by atomic mass is 16.2. The van der Waals surface area contributed by atoms with Gasteiger partial charge in [0, 0.05) is 12.4 Å². The zero-order chi connectivity index (χ0) is 19.2. The molecule has 1 aliphatic carbocycles. The number of amides is 1. The lowest BCUT2D eigenvalue weighted by Gasteiger charge is -2.47. The molecule has 1 amide bonds. The molecule has 1 aromatic heterocycles. The van der Waals surface area contributed by atoms with E-state index in [1.807, 2.05) is 30.3 Å². The first-order chi connectivity index (χ1) is 13.8. The molecule has 1 atom stereocenters. The second-order valence-corrected chi connectivity index (χ2v) is 8.24. The molecule has 1 aliphatic heterocycles. The molecule has 1 N–H and O–H groups in total. The van der Waals surface area contributed by atoms with Gasteiger partial charge in [-0.2, -0.15) is 0 Å². The fraction of sp³-hybridized carbons (Fsp3) is 0.500. The lowest BCUT2D eigenvalue weighted by Crippen LogP contribution is -2.61. The average molecular weight is 378 g/mol. The Morgan fingerprint density at radius 3 is 2.14 bits per heavy atom. The molecule has 4 nitrogen and oxygen atoms in total. The number of hydrogen-bond acceptors (Lipinski definition) is 3. The molecule has 2 fully saturated rings. The number of likely N-dealkylation sites (tertiary alicyclic amines) is 1. The number of piperidine rings is 1. The molecule has 4 heteroatoms. The number of rotatable bonds is 5. The number of benzene rings is 1. The minimum atomic E-state index is -0.335. The van der Waals surface area contributed by atoms with E-state index < -0.39 is 0 Å². The van der Waals surface area contributed by atoms with Gasteiger partial charge < -0.3 is 5.32 Å². The summed E-state index contributed by atoms with van der Waals surface area (Å²) in [7, 11) is 0. The maximum Gasteiger partial charge on any atom is 0.241 e. The second-order valence-electron chi connectivity index (χ2n) is 8.24. The first-order valence-electron chi connectivity index (χ1n) is 10.8. The van der Waals surface area contributed by atoms with Crippen LogP contribution in [0, 0.1) is 0 Å². The zero-order valence-corrected chi connectivity index (χ0v) is 16.6. The van der Waals surface area contributed by atoms with Crippen LogP contribution in [0.15, 0.2) is 54.9 Å². The molecule has 2 aliphatic rings. The highest BCUT2D eigenvalue weighted by molar-refractivity contribution is 5.87. The monoisotopic (exact) mass is 377 g/mol. The fourth-order valence-corrected chi connectivity index (χ4v) is 4.97. The van der Waals surface area contributed by atoms with Crippen molar-refractivity contribution >= 4 is 5.91 Å². The van der Waals surface area contributed by atoms with Gasteiger partial charge in [0.25, 0.3) is 0 Å². The van der Waals surface area contributed by atoms with Crippen molar-refractivity contribution in [2.45, 2.75) is 62.9 Å². The molecule has 1 unspecified atom stereocenters. The molecule has 2 heterocycles. The van der Waals surface area contributed by atoms with Gasteiger partial charge in [-0.15, -0.1) is 0 Å². The average Bonchev–Trinajstić information content (AvgIpc) is 2.79. The predicted octanol–water partition coefficient (Wildman–Crippen LogP) is 4.48. The summed E-state index contributed by atoms with van der Waals surface area (Å²) in [6.45, 7) is 2.11. The van der Waals surface area contributed by atoms with Crippen LogP contribution in [-0.4, -0.2) is 34.4 Å². The van der Waals surface area contributed by atoms with Crippen LogP contribution < -0.4 is 5.32 Å². The summed E-state index contributed by atoms with van der Waals surface area (Å²) in [6, 6.07) is 14.2. The van der Waals surface area contributed by atoms with Gasteiger partial charge in [-0.1, -0.05) is 56.0 Å². The third-order valence-corrected chi connectivity index (χ3v) is 6.51. The van der Waals surface area contributed by atoms with Crippen molar-refractivity contribution in [1.82, 2.24) is 15.2 Å². The third-order valence-electron chi connectivity index (χ3n) is 6.51. The largest absolute Gasteiger partial charge is 0.344 e. The van der Waals surface area contributed by atoms with Crippen molar-refractivity contribution < 1.29 is 4.79 Å². The van der Waals surface area contributed by atoms with E-state index in [0.29, 0.717) is 0 Å². The smallest absolute Gasteiger partial charge is 0.241 e. The molecule has 2 aromatic rings. The molecule has 4 rings (SSSR count). The summed E-state index contributed by atoms with van der Waals surface area (Å²) in [5, 5.41) is 3.45. The third kappa shape index (κ3) is 3.97. The van der Waals surface area contributed by atoms with Gasteiger partial charge in [0.05, 0.1) is 6.04 Å². The summed E-state index contributed by atoms with van der Waals surface area (Å²) in [6.07, 6.45) is 12.8. The van der Waals surface area contributed by atoms with E-state index in [4.69, 9.17) is 0 Å². The Balaban J connectivity index is 1.63. The minimum Gasteiger partial charge on any atom is -0.344 e. The summed E-state index contributed by atoms with van der Waals surface area (Å²) >= 11 is 0. The number of pyridine rings is 1. The first kappa shape index (κ1) is 19.1. The second kappa shape index (κ2) is 8.87. The van der Waals surface area contributed by atoms with E-state index in [1.165, 1.54) is 25.7 Å². The van der Waals surface area contributed by atoms with Crippen LogP contribution in [0.3, 0.4) is 0 Å². The van der Waals surface area contributed by atoms with Crippen molar-refractivity contribution in [3.8, 4) is 0 Å². The number of nitrogens with zero attached hydrogens (tertiary/aromatic N) is 2. The van der Waals surface area contributed by atoms with Crippen LogP contribution in [0.25, 0.3) is 0 Å². The van der Waals surface area contributed by atoms with Crippen molar-refractivity contribution in [1.29, 1.82) is 0 Å². The fourth-order valence-electron chi connectivity index (χ4n) is 4.97. The SMILES string of the molecule is O=C(NC(c1ccccc1)c1ccncc1)C1(N2CCCCC2)CCCCC1. The van der Waals surface area contributed by atoms with E-state index >= 15 is 0 Å². The van der Waals surface area contributed by atoms with Crippen LogP contribution >= 0.6 is 0 Å². The highest BCUT2D eigenvalue weighted by Gasteiger charge is 2.45. The quantitative estimate of drug-likeness (QED) is 0.836. The van der Waals surface area contributed by atoms with E-state index in [1.54, 1.807) is 12.4 Å². The summed E-state index contributed by atoms with van der Waals surface area (Å²) in [5.74, 6) is 0.208. The Morgan fingerprint density at radius 1 is 0.857 bits per heavy atom. The molecule has 1 saturated heterocycles. The number of nitrogens with one attached hydrogen (secondary N) is 1. The molecule has 0 radical (unpaired) electrons. The zero-order valence-electron chi connectivity index (χ0n) is 16.6. The van der Waals surface area contributed by atoms with Crippen molar-refractivity contribution in [2.24, 2.45) is 0 Å².